The van der Waals surface area contributed by atoms with Gasteiger partial charge in [0.25, 0.3) is 5.91 Å². The highest BCUT2D eigenvalue weighted by molar-refractivity contribution is 9.10. The molecule has 0 aliphatic heterocycles. The van der Waals surface area contributed by atoms with Gasteiger partial charge in [-0.2, -0.15) is 0 Å². The Morgan fingerprint density at radius 3 is 3.08 bits per heavy atom. The van der Waals surface area contributed by atoms with Crippen LogP contribution in [0.3, 0.4) is 0 Å². The van der Waals surface area contributed by atoms with Crippen LogP contribution < -0.4 is 5.32 Å². The van der Waals surface area contributed by atoms with Crippen LogP contribution in [0.15, 0.2) is 34.1 Å². The third-order valence-corrected chi connectivity index (χ3v) is 2.11. The lowest BCUT2D eigenvalue weighted by atomic mass is 10.3. The smallest absolute Gasteiger partial charge is 0.255 e. The van der Waals surface area contributed by atoms with Gasteiger partial charge in [-0.1, -0.05) is 6.08 Å². The van der Waals surface area contributed by atoms with Crippen molar-refractivity contribution < 1.29 is 9.21 Å². The molecule has 13 heavy (non-hydrogen) atoms. The van der Waals surface area contributed by atoms with Crippen LogP contribution in [-0.4, -0.2) is 12.5 Å². The minimum absolute atomic E-state index is 0.137. The quantitative estimate of drug-likeness (QED) is 0.652. The van der Waals surface area contributed by atoms with E-state index in [-0.39, 0.29) is 5.91 Å². The van der Waals surface area contributed by atoms with Crippen LogP contribution in [-0.2, 0) is 0 Å². The number of rotatable bonds is 4. The molecule has 70 valence electrons. The van der Waals surface area contributed by atoms with E-state index < -0.39 is 0 Å². The van der Waals surface area contributed by atoms with Gasteiger partial charge in [0.15, 0.2) is 4.67 Å². The molecule has 0 bridgehead atoms. The van der Waals surface area contributed by atoms with Crippen LogP contribution in [0.4, 0.5) is 0 Å². The van der Waals surface area contributed by atoms with Crippen molar-refractivity contribution in [3.63, 3.8) is 0 Å². The molecule has 0 saturated heterocycles. The average molecular weight is 244 g/mol. The van der Waals surface area contributed by atoms with Crippen molar-refractivity contribution in [2.24, 2.45) is 0 Å². The van der Waals surface area contributed by atoms with Crippen molar-refractivity contribution in [2.45, 2.75) is 6.42 Å². The van der Waals surface area contributed by atoms with Crippen molar-refractivity contribution in [1.29, 1.82) is 0 Å². The lowest BCUT2D eigenvalue weighted by Crippen LogP contribution is -2.23. The molecule has 0 aromatic carbocycles. The minimum Gasteiger partial charge on any atom is -0.457 e. The van der Waals surface area contributed by atoms with Gasteiger partial charge in [-0.25, -0.2) is 0 Å². The number of halogens is 1. The summed E-state index contributed by atoms with van der Waals surface area (Å²) in [5, 5.41) is 2.73. The van der Waals surface area contributed by atoms with E-state index in [9.17, 15) is 4.79 Å². The van der Waals surface area contributed by atoms with Crippen molar-refractivity contribution in [2.75, 3.05) is 6.54 Å². The van der Waals surface area contributed by atoms with Crippen molar-refractivity contribution in [3.8, 4) is 0 Å². The van der Waals surface area contributed by atoms with Gasteiger partial charge >= 0.3 is 0 Å². The molecule has 0 fully saturated rings. The Labute approximate surface area is 84.9 Å². The maximum atomic E-state index is 11.4. The molecular weight excluding hydrogens is 234 g/mol. The summed E-state index contributed by atoms with van der Waals surface area (Å²) in [5.74, 6) is -0.137. The van der Waals surface area contributed by atoms with Gasteiger partial charge in [-0.05, 0) is 28.4 Å². The number of amides is 1. The van der Waals surface area contributed by atoms with E-state index in [0.29, 0.717) is 16.8 Å². The van der Waals surface area contributed by atoms with Gasteiger partial charge in [0.2, 0.25) is 0 Å². The molecule has 0 aliphatic rings. The Bertz CT molecular complexity index is 306. The maximum absolute atomic E-state index is 11.4. The molecule has 0 aliphatic carbocycles. The van der Waals surface area contributed by atoms with Crippen LogP contribution in [0.2, 0.25) is 0 Å². The fourth-order valence-electron chi connectivity index (χ4n) is 0.839. The van der Waals surface area contributed by atoms with E-state index >= 15 is 0 Å². The van der Waals surface area contributed by atoms with Crippen LogP contribution >= 0.6 is 15.9 Å². The van der Waals surface area contributed by atoms with Crippen LogP contribution in [0, 0.1) is 0 Å². The van der Waals surface area contributed by atoms with E-state index in [0.717, 1.165) is 6.42 Å². The molecule has 3 nitrogen and oxygen atoms in total. The summed E-state index contributed by atoms with van der Waals surface area (Å²) in [4.78, 5) is 11.4. The lowest BCUT2D eigenvalue weighted by Gasteiger charge is -2.00. The maximum Gasteiger partial charge on any atom is 0.255 e. The van der Waals surface area contributed by atoms with E-state index in [1.54, 1.807) is 12.1 Å². The number of hydrogen-bond acceptors (Lipinski definition) is 2. The third kappa shape index (κ3) is 2.73. The Morgan fingerprint density at radius 1 is 1.77 bits per heavy atom. The van der Waals surface area contributed by atoms with Gasteiger partial charge in [-0.15, -0.1) is 6.58 Å². The molecule has 1 rings (SSSR count). The number of nitrogens with one attached hydrogen (secondary N) is 1. The lowest BCUT2D eigenvalue weighted by molar-refractivity contribution is 0.0952. The molecule has 1 amide bonds. The summed E-state index contributed by atoms with van der Waals surface area (Å²) in [6, 6.07) is 1.62. The van der Waals surface area contributed by atoms with Crippen LogP contribution in [0.1, 0.15) is 16.8 Å². The van der Waals surface area contributed by atoms with Crippen molar-refractivity contribution in [1.82, 2.24) is 5.32 Å². The van der Waals surface area contributed by atoms with Gasteiger partial charge in [0.1, 0.15) is 0 Å². The SMILES string of the molecule is C=CCCNC(=O)c1ccoc1Br. The number of carbonyl (C=O) groups is 1. The Morgan fingerprint density at radius 2 is 2.54 bits per heavy atom. The highest BCUT2D eigenvalue weighted by Crippen LogP contribution is 2.16. The van der Waals surface area contributed by atoms with Gasteiger partial charge in [0.05, 0.1) is 11.8 Å². The van der Waals surface area contributed by atoms with E-state index in [1.165, 1.54) is 6.26 Å². The average Bonchev–Trinajstić information content (AvgIpc) is 2.52. The summed E-state index contributed by atoms with van der Waals surface area (Å²) in [5.41, 5.74) is 0.518. The molecule has 0 atom stereocenters. The summed E-state index contributed by atoms with van der Waals surface area (Å²) >= 11 is 3.13. The van der Waals surface area contributed by atoms with E-state index in [4.69, 9.17) is 4.42 Å². The van der Waals surface area contributed by atoms with Crippen molar-refractivity contribution in [3.05, 3.63) is 35.2 Å². The second kappa shape index (κ2) is 4.87. The highest BCUT2D eigenvalue weighted by atomic mass is 79.9. The fourth-order valence-corrected chi connectivity index (χ4v) is 1.26. The zero-order valence-corrected chi connectivity index (χ0v) is 8.63. The molecule has 1 aromatic rings. The Kier molecular flexibility index (Phi) is 3.76. The fraction of sp³-hybridized carbons (Fsp3) is 0.222. The standard InChI is InChI=1S/C9H10BrNO2/c1-2-3-5-11-9(12)7-4-6-13-8(7)10/h2,4,6H,1,3,5H2,(H,11,12). The molecule has 1 aromatic heterocycles. The number of carbonyl (C=O) groups excluding carboxylic acids is 1. The zero-order valence-electron chi connectivity index (χ0n) is 7.05. The number of furan rings is 1. The second-order valence-electron chi connectivity index (χ2n) is 2.44. The first-order valence-corrected chi connectivity index (χ1v) is 4.67. The summed E-state index contributed by atoms with van der Waals surface area (Å²) in [7, 11) is 0. The first-order valence-electron chi connectivity index (χ1n) is 3.87. The highest BCUT2D eigenvalue weighted by Gasteiger charge is 2.10. The molecule has 0 spiro atoms. The first kappa shape index (κ1) is 10.1. The summed E-state index contributed by atoms with van der Waals surface area (Å²) < 4.78 is 5.39. The van der Waals surface area contributed by atoms with E-state index in [2.05, 4.69) is 27.8 Å². The topological polar surface area (TPSA) is 42.2 Å². The first-order chi connectivity index (χ1) is 6.25. The summed E-state index contributed by atoms with van der Waals surface area (Å²) in [6.45, 7) is 4.16. The molecule has 0 unspecified atom stereocenters. The van der Waals surface area contributed by atoms with Gasteiger partial charge < -0.3 is 9.73 Å². The van der Waals surface area contributed by atoms with Crippen LogP contribution in [0.25, 0.3) is 0 Å². The molecule has 1 heterocycles. The number of hydrogen-bond donors (Lipinski definition) is 1. The van der Waals surface area contributed by atoms with E-state index in [1.807, 2.05) is 0 Å². The van der Waals surface area contributed by atoms with Crippen molar-refractivity contribution >= 4 is 21.8 Å². The third-order valence-electron chi connectivity index (χ3n) is 1.50. The largest absolute Gasteiger partial charge is 0.457 e. The zero-order chi connectivity index (χ0) is 9.68. The normalized spacial score (nSPS) is 9.62. The minimum atomic E-state index is -0.137. The predicted molar refractivity (Wildman–Crippen MR) is 53.6 cm³/mol. The summed E-state index contributed by atoms with van der Waals surface area (Å²) in [6.07, 6.45) is 3.98. The Balaban J connectivity index is 2.49. The molecule has 0 saturated carbocycles. The van der Waals surface area contributed by atoms with Crippen LogP contribution in [0.5, 0.6) is 0 Å². The Hall–Kier alpha value is -1.03. The molecule has 4 heteroatoms. The molecule has 1 N–H and O–H groups in total. The monoisotopic (exact) mass is 243 g/mol. The van der Waals surface area contributed by atoms with Gasteiger partial charge in [0, 0.05) is 6.54 Å². The van der Waals surface area contributed by atoms with Gasteiger partial charge in [-0.3, -0.25) is 4.79 Å². The molecular formula is C9H10BrNO2. The molecule has 0 radical (unpaired) electrons. The predicted octanol–water partition coefficient (Wildman–Crippen LogP) is 2.35. The second-order valence-corrected chi connectivity index (χ2v) is 3.16.